The molecule has 120 valence electrons. The van der Waals surface area contributed by atoms with Crippen molar-refractivity contribution in [3.05, 3.63) is 78.0 Å². The first-order chi connectivity index (χ1) is 11.0. The summed E-state index contributed by atoms with van der Waals surface area (Å²) in [6.07, 6.45) is 1.18. The van der Waals surface area contributed by atoms with Crippen LogP contribution in [0.3, 0.4) is 0 Å². The van der Waals surface area contributed by atoms with Crippen LogP contribution in [0.5, 0.6) is 5.75 Å². The fourth-order valence-electron chi connectivity index (χ4n) is 2.19. The molecule has 0 spiro atoms. The van der Waals surface area contributed by atoms with Crippen LogP contribution in [0.25, 0.3) is 5.70 Å². The molecule has 5 heteroatoms. The van der Waals surface area contributed by atoms with Crippen molar-refractivity contribution < 1.29 is 13.2 Å². The summed E-state index contributed by atoms with van der Waals surface area (Å²) in [4.78, 5) is 0. The van der Waals surface area contributed by atoms with E-state index in [-0.39, 0.29) is 6.54 Å². The van der Waals surface area contributed by atoms with Crippen molar-refractivity contribution in [2.75, 3.05) is 13.4 Å². The Morgan fingerprint density at radius 2 is 1.74 bits per heavy atom. The van der Waals surface area contributed by atoms with Gasteiger partial charge in [0, 0.05) is 5.56 Å². The third kappa shape index (κ3) is 4.25. The van der Waals surface area contributed by atoms with Crippen LogP contribution in [0.15, 0.2) is 66.9 Å². The lowest BCUT2D eigenvalue weighted by Gasteiger charge is -2.24. The number of benzene rings is 2. The predicted molar refractivity (Wildman–Crippen MR) is 92.4 cm³/mol. The highest BCUT2D eigenvalue weighted by Gasteiger charge is 2.21. The van der Waals surface area contributed by atoms with Crippen LogP contribution in [0.2, 0.25) is 0 Å². The molecule has 0 N–H and O–H groups in total. The molecular weight excluding hydrogens is 310 g/mol. The van der Waals surface area contributed by atoms with E-state index in [0.717, 1.165) is 5.56 Å². The van der Waals surface area contributed by atoms with Crippen LogP contribution >= 0.6 is 0 Å². The smallest absolute Gasteiger partial charge is 0.233 e. The Morgan fingerprint density at radius 1 is 1.13 bits per heavy atom. The number of methoxy groups -OCH3 is 1. The van der Waals surface area contributed by atoms with Gasteiger partial charge in [-0.25, -0.2) is 8.42 Å². The Bertz CT molecular complexity index is 805. The minimum atomic E-state index is -3.48. The third-order valence-corrected chi connectivity index (χ3v) is 4.46. The van der Waals surface area contributed by atoms with E-state index in [1.165, 1.54) is 10.6 Å². The summed E-state index contributed by atoms with van der Waals surface area (Å²) in [6, 6.07) is 16.5. The minimum Gasteiger partial charge on any atom is -0.497 e. The molecule has 0 saturated heterocycles. The normalized spacial score (nSPS) is 10.7. The quantitative estimate of drug-likeness (QED) is 0.764. The van der Waals surface area contributed by atoms with Gasteiger partial charge >= 0.3 is 0 Å². The van der Waals surface area contributed by atoms with Gasteiger partial charge in [0.1, 0.15) is 11.4 Å². The molecule has 0 atom stereocenters. The molecule has 0 saturated carbocycles. The summed E-state index contributed by atoms with van der Waals surface area (Å²) < 4.78 is 30.9. The van der Waals surface area contributed by atoms with Gasteiger partial charge in [-0.2, -0.15) is 0 Å². The van der Waals surface area contributed by atoms with E-state index in [1.54, 1.807) is 31.4 Å². The van der Waals surface area contributed by atoms with Crippen molar-refractivity contribution in [2.45, 2.75) is 6.54 Å². The molecule has 0 fully saturated rings. The van der Waals surface area contributed by atoms with Crippen molar-refractivity contribution in [2.24, 2.45) is 0 Å². The Labute approximate surface area is 137 Å². The Balaban J connectivity index is 2.42. The van der Waals surface area contributed by atoms with Crippen molar-refractivity contribution in [3.63, 3.8) is 0 Å². The maximum Gasteiger partial charge on any atom is 0.233 e. The first-order valence-corrected chi connectivity index (χ1v) is 8.86. The van der Waals surface area contributed by atoms with Gasteiger partial charge in [0.15, 0.2) is 0 Å². The lowest BCUT2D eigenvalue weighted by molar-refractivity contribution is 0.414. The second-order valence-corrected chi connectivity index (χ2v) is 6.92. The molecule has 2 aromatic rings. The third-order valence-electron chi connectivity index (χ3n) is 3.35. The van der Waals surface area contributed by atoms with Crippen LogP contribution in [0, 0.1) is 0 Å². The number of nitrogens with zero attached hydrogens (tertiary/aromatic N) is 1. The summed E-state index contributed by atoms with van der Waals surface area (Å²) >= 11 is 0. The highest BCUT2D eigenvalue weighted by molar-refractivity contribution is 7.88. The van der Waals surface area contributed by atoms with Gasteiger partial charge in [0.2, 0.25) is 10.0 Å². The second kappa shape index (κ2) is 7.18. The second-order valence-electron chi connectivity index (χ2n) is 5.01. The van der Waals surface area contributed by atoms with Crippen molar-refractivity contribution in [3.8, 4) is 5.75 Å². The van der Waals surface area contributed by atoms with Gasteiger partial charge in [0.05, 0.1) is 19.9 Å². The number of sulfonamides is 1. The van der Waals surface area contributed by atoms with Gasteiger partial charge in [-0.15, -0.1) is 5.73 Å². The largest absolute Gasteiger partial charge is 0.497 e. The Hall–Kier alpha value is -2.49. The lowest BCUT2D eigenvalue weighted by atomic mass is 10.1. The van der Waals surface area contributed by atoms with Gasteiger partial charge in [-0.1, -0.05) is 36.9 Å². The number of hydrogen-bond donors (Lipinski definition) is 0. The minimum absolute atomic E-state index is 0.226. The summed E-state index contributed by atoms with van der Waals surface area (Å²) in [7, 11) is -1.89. The zero-order valence-corrected chi connectivity index (χ0v) is 14.0. The molecule has 0 aliphatic carbocycles. The topological polar surface area (TPSA) is 46.6 Å². The van der Waals surface area contributed by atoms with E-state index >= 15 is 0 Å². The molecule has 2 aromatic carbocycles. The van der Waals surface area contributed by atoms with E-state index in [2.05, 4.69) is 12.3 Å². The van der Waals surface area contributed by atoms with Crippen LogP contribution in [0.1, 0.15) is 11.1 Å². The van der Waals surface area contributed by atoms with Gasteiger partial charge < -0.3 is 4.74 Å². The average molecular weight is 329 g/mol. The summed E-state index contributed by atoms with van der Waals surface area (Å²) in [6.45, 7) is 3.88. The first kappa shape index (κ1) is 16.9. The van der Waals surface area contributed by atoms with E-state index in [9.17, 15) is 8.42 Å². The fourth-order valence-corrected chi connectivity index (χ4v) is 3.08. The lowest BCUT2D eigenvalue weighted by Crippen LogP contribution is -2.27. The highest BCUT2D eigenvalue weighted by atomic mass is 32.2. The zero-order chi connectivity index (χ0) is 16.9. The van der Waals surface area contributed by atoms with E-state index in [1.807, 2.05) is 30.3 Å². The van der Waals surface area contributed by atoms with Crippen LogP contribution in [-0.2, 0) is 16.6 Å². The molecule has 0 bridgehead atoms. The van der Waals surface area contributed by atoms with Crippen molar-refractivity contribution >= 4 is 15.7 Å². The van der Waals surface area contributed by atoms with Gasteiger partial charge in [0.25, 0.3) is 0 Å². The summed E-state index contributed by atoms with van der Waals surface area (Å²) in [5.41, 5.74) is 4.77. The van der Waals surface area contributed by atoms with Crippen molar-refractivity contribution in [1.82, 2.24) is 4.31 Å². The zero-order valence-electron chi connectivity index (χ0n) is 13.2. The van der Waals surface area contributed by atoms with Crippen LogP contribution in [0.4, 0.5) is 0 Å². The Kier molecular flexibility index (Phi) is 5.27. The highest BCUT2D eigenvalue weighted by Crippen LogP contribution is 2.25. The molecule has 0 amide bonds. The van der Waals surface area contributed by atoms with Crippen LogP contribution in [-0.4, -0.2) is 26.1 Å². The van der Waals surface area contributed by atoms with E-state index < -0.39 is 10.0 Å². The maximum atomic E-state index is 12.2. The average Bonchev–Trinajstić information content (AvgIpc) is 2.55. The maximum absolute atomic E-state index is 12.2. The molecule has 23 heavy (non-hydrogen) atoms. The molecule has 0 aliphatic heterocycles. The van der Waals surface area contributed by atoms with Crippen molar-refractivity contribution in [1.29, 1.82) is 0 Å². The molecule has 0 aliphatic rings. The first-order valence-electron chi connectivity index (χ1n) is 7.02. The van der Waals surface area contributed by atoms with E-state index in [0.29, 0.717) is 17.0 Å². The summed E-state index contributed by atoms with van der Waals surface area (Å²) in [5.74, 6) is 0.700. The van der Waals surface area contributed by atoms with Gasteiger partial charge in [-0.3, -0.25) is 4.31 Å². The molecular formula is C18H19NO3S. The Morgan fingerprint density at radius 3 is 2.22 bits per heavy atom. The monoisotopic (exact) mass is 329 g/mol. The SMILES string of the molecule is C=C=C(c1ccc(OC)cc1)N(Cc1ccccc1)S(C)(=O)=O. The molecule has 2 rings (SSSR count). The fraction of sp³-hybridized carbons (Fsp3) is 0.167. The number of rotatable bonds is 6. The molecule has 4 nitrogen and oxygen atoms in total. The summed E-state index contributed by atoms with van der Waals surface area (Å²) in [5, 5.41) is 0. The molecule has 0 radical (unpaired) electrons. The standard InChI is InChI=1S/C18H19NO3S/c1-4-18(16-10-12-17(22-2)13-11-16)19(23(3,20)21)14-15-8-6-5-7-9-15/h5-13H,1,14H2,2-3H3. The molecule has 0 unspecified atom stereocenters. The van der Waals surface area contributed by atoms with E-state index in [4.69, 9.17) is 4.74 Å². The molecule has 0 heterocycles. The van der Waals surface area contributed by atoms with Gasteiger partial charge in [-0.05, 0) is 29.8 Å². The number of hydrogen-bond acceptors (Lipinski definition) is 3. The molecule has 0 aromatic heterocycles. The predicted octanol–water partition coefficient (Wildman–Crippen LogP) is 3.28. The number of ether oxygens (including phenoxy) is 1. The van der Waals surface area contributed by atoms with Crippen LogP contribution < -0.4 is 4.74 Å².